The van der Waals surface area contributed by atoms with Crippen molar-refractivity contribution in [2.45, 2.75) is 46.1 Å². The minimum absolute atomic E-state index is 0.491. The van der Waals surface area contributed by atoms with Crippen LogP contribution in [0.4, 0.5) is 0 Å². The third-order valence-electron chi connectivity index (χ3n) is 4.65. The summed E-state index contributed by atoms with van der Waals surface area (Å²) in [5.41, 5.74) is 3.36. The van der Waals surface area contributed by atoms with Crippen LogP contribution in [-0.2, 0) is 6.54 Å². The Kier molecular flexibility index (Phi) is 5.62. The first-order chi connectivity index (χ1) is 9.65. The number of hydrogen-bond donors (Lipinski definition) is 1. The second-order valence-electron chi connectivity index (χ2n) is 6.63. The molecule has 1 heterocycles. The summed E-state index contributed by atoms with van der Waals surface area (Å²) in [5, 5.41) is 3.61. The van der Waals surface area contributed by atoms with Crippen LogP contribution < -0.4 is 5.32 Å². The molecule has 1 atom stereocenters. The molecule has 20 heavy (non-hydrogen) atoms. The maximum atomic E-state index is 3.61. The number of rotatable bonds is 6. The quantitative estimate of drug-likeness (QED) is 0.852. The Morgan fingerprint density at radius 3 is 2.75 bits per heavy atom. The second kappa shape index (κ2) is 7.24. The zero-order valence-electron chi connectivity index (χ0n) is 13.4. The van der Waals surface area contributed by atoms with Crippen molar-refractivity contribution in [2.75, 3.05) is 26.7 Å². The highest BCUT2D eigenvalue weighted by molar-refractivity contribution is 5.25. The summed E-state index contributed by atoms with van der Waals surface area (Å²) in [6.07, 6.45) is 5.35. The van der Waals surface area contributed by atoms with Crippen molar-refractivity contribution in [3.05, 3.63) is 35.4 Å². The molecule has 0 bridgehead atoms. The molecule has 2 nitrogen and oxygen atoms in total. The topological polar surface area (TPSA) is 15.3 Å². The van der Waals surface area contributed by atoms with Crippen molar-refractivity contribution in [3.8, 4) is 0 Å². The van der Waals surface area contributed by atoms with Gasteiger partial charge in [-0.05, 0) is 56.3 Å². The Morgan fingerprint density at radius 1 is 1.30 bits per heavy atom. The smallest absolute Gasteiger partial charge is 0.0233 e. The summed E-state index contributed by atoms with van der Waals surface area (Å²) in [7, 11) is 2.28. The van der Waals surface area contributed by atoms with Crippen LogP contribution in [0, 0.1) is 12.3 Å². The van der Waals surface area contributed by atoms with Crippen LogP contribution in [0.15, 0.2) is 24.3 Å². The monoisotopic (exact) mass is 274 g/mol. The average molecular weight is 274 g/mol. The Labute approximate surface area is 124 Å². The minimum Gasteiger partial charge on any atom is -0.316 e. The average Bonchev–Trinajstić information content (AvgIpc) is 2.42. The van der Waals surface area contributed by atoms with E-state index in [4.69, 9.17) is 0 Å². The lowest BCUT2D eigenvalue weighted by Gasteiger charge is -2.40. The van der Waals surface area contributed by atoms with Gasteiger partial charge in [-0.25, -0.2) is 0 Å². The molecule has 1 aromatic rings. The van der Waals surface area contributed by atoms with Gasteiger partial charge in [-0.2, -0.15) is 0 Å². The number of hydrogen-bond acceptors (Lipinski definition) is 2. The SMILES string of the molecule is CCCC1(CN(C)Cc2ccccc2C)CCCNC1. The van der Waals surface area contributed by atoms with Crippen LogP contribution in [0.25, 0.3) is 0 Å². The summed E-state index contributed by atoms with van der Waals surface area (Å²) in [4.78, 5) is 2.52. The van der Waals surface area contributed by atoms with E-state index in [1.165, 1.54) is 56.4 Å². The highest BCUT2D eigenvalue weighted by Crippen LogP contribution is 2.32. The van der Waals surface area contributed by atoms with Crippen LogP contribution in [0.2, 0.25) is 0 Å². The summed E-state index contributed by atoms with van der Waals surface area (Å²) in [5.74, 6) is 0. The maximum Gasteiger partial charge on any atom is 0.0233 e. The van der Waals surface area contributed by atoms with Gasteiger partial charge in [0.1, 0.15) is 0 Å². The number of nitrogens with one attached hydrogen (secondary N) is 1. The highest BCUT2D eigenvalue weighted by atomic mass is 15.1. The molecule has 0 aliphatic carbocycles. The molecular formula is C18H30N2. The molecule has 2 rings (SSSR count). The van der Waals surface area contributed by atoms with Crippen LogP contribution in [-0.4, -0.2) is 31.6 Å². The first-order valence-electron chi connectivity index (χ1n) is 8.09. The molecule has 0 aromatic heterocycles. The predicted octanol–water partition coefficient (Wildman–Crippen LogP) is 3.60. The fraction of sp³-hybridized carbons (Fsp3) is 0.667. The lowest BCUT2D eigenvalue weighted by Crippen LogP contribution is -2.46. The van der Waals surface area contributed by atoms with Crippen molar-refractivity contribution in [2.24, 2.45) is 5.41 Å². The van der Waals surface area contributed by atoms with Gasteiger partial charge in [-0.1, -0.05) is 37.6 Å². The van der Waals surface area contributed by atoms with Crippen LogP contribution >= 0.6 is 0 Å². The van der Waals surface area contributed by atoms with Gasteiger partial charge < -0.3 is 10.2 Å². The molecule has 0 spiro atoms. The van der Waals surface area contributed by atoms with Gasteiger partial charge in [0.15, 0.2) is 0 Å². The molecule has 1 N–H and O–H groups in total. The number of benzene rings is 1. The molecule has 1 unspecified atom stereocenters. The van der Waals surface area contributed by atoms with Gasteiger partial charge in [0.25, 0.3) is 0 Å². The van der Waals surface area contributed by atoms with Gasteiger partial charge in [-0.15, -0.1) is 0 Å². The van der Waals surface area contributed by atoms with E-state index in [1.807, 2.05) is 0 Å². The Balaban J connectivity index is 1.98. The molecule has 1 aliphatic rings. The van der Waals surface area contributed by atoms with Crippen molar-refractivity contribution in [3.63, 3.8) is 0 Å². The Hall–Kier alpha value is -0.860. The molecular weight excluding hydrogens is 244 g/mol. The van der Waals surface area contributed by atoms with Gasteiger partial charge in [0.05, 0.1) is 0 Å². The van der Waals surface area contributed by atoms with Crippen molar-refractivity contribution >= 4 is 0 Å². The van der Waals surface area contributed by atoms with Crippen LogP contribution in [0.1, 0.15) is 43.7 Å². The summed E-state index contributed by atoms with van der Waals surface area (Å²) in [6.45, 7) is 9.21. The van der Waals surface area contributed by atoms with E-state index in [0.29, 0.717) is 5.41 Å². The molecule has 0 saturated carbocycles. The lowest BCUT2D eigenvalue weighted by atomic mass is 9.76. The van der Waals surface area contributed by atoms with Crippen molar-refractivity contribution in [1.82, 2.24) is 10.2 Å². The fourth-order valence-corrected chi connectivity index (χ4v) is 3.69. The van der Waals surface area contributed by atoms with Gasteiger partial charge >= 0.3 is 0 Å². The number of piperidine rings is 1. The molecule has 112 valence electrons. The zero-order valence-corrected chi connectivity index (χ0v) is 13.4. The minimum atomic E-state index is 0.491. The summed E-state index contributed by atoms with van der Waals surface area (Å²) in [6, 6.07) is 8.76. The van der Waals surface area contributed by atoms with Gasteiger partial charge in [-0.3, -0.25) is 0 Å². The molecule has 2 heteroatoms. The molecule has 1 saturated heterocycles. The zero-order chi connectivity index (χ0) is 14.4. The standard InChI is InChI=1S/C18H30N2/c1-4-10-18(11-7-12-19-14-18)15-20(3)13-17-9-6-5-8-16(17)2/h5-6,8-9,19H,4,7,10-15H2,1-3H3. The Morgan fingerprint density at radius 2 is 2.10 bits per heavy atom. The van der Waals surface area contributed by atoms with E-state index in [9.17, 15) is 0 Å². The van der Waals surface area contributed by atoms with E-state index in [1.54, 1.807) is 0 Å². The lowest BCUT2D eigenvalue weighted by molar-refractivity contribution is 0.118. The molecule has 1 aromatic carbocycles. The fourth-order valence-electron chi connectivity index (χ4n) is 3.69. The third-order valence-corrected chi connectivity index (χ3v) is 4.65. The predicted molar refractivity (Wildman–Crippen MR) is 87.0 cm³/mol. The van der Waals surface area contributed by atoms with E-state index >= 15 is 0 Å². The number of aryl methyl sites for hydroxylation is 1. The van der Waals surface area contributed by atoms with Crippen LogP contribution in [0.5, 0.6) is 0 Å². The third kappa shape index (κ3) is 4.07. The Bertz CT molecular complexity index is 402. The van der Waals surface area contributed by atoms with E-state index in [0.717, 1.165) is 6.54 Å². The van der Waals surface area contributed by atoms with Crippen molar-refractivity contribution < 1.29 is 0 Å². The van der Waals surface area contributed by atoms with E-state index in [2.05, 4.69) is 55.4 Å². The second-order valence-corrected chi connectivity index (χ2v) is 6.63. The highest BCUT2D eigenvalue weighted by Gasteiger charge is 2.32. The summed E-state index contributed by atoms with van der Waals surface area (Å²) < 4.78 is 0. The van der Waals surface area contributed by atoms with Gasteiger partial charge in [0, 0.05) is 19.6 Å². The molecule has 0 amide bonds. The maximum absolute atomic E-state index is 3.61. The first-order valence-corrected chi connectivity index (χ1v) is 8.09. The van der Waals surface area contributed by atoms with Crippen LogP contribution in [0.3, 0.4) is 0 Å². The molecule has 0 radical (unpaired) electrons. The van der Waals surface area contributed by atoms with Crippen molar-refractivity contribution in [1.29, 1.82) is 0 Å². The normalized spacial score (nSPS) is 23.2. The van der Waals surface area contributed by atoms with Gasteiger partial charge in [0.2, 0.25) is 0 Å². The van der Waals surface area contributed by atoms with E-state index < -0.39 is 0 Å². The number of nitrogens with zero attached hydrogens (tertiary/aromatic N) is 1. The molecule has 1 aliphatic heterocycles. The summed E-state index contributed by atoms with van der Waals surface area (Å²) >= 11 is 0. The van der Waals surface area contributed by atoms with E-state index in [-0.39, 0.29) is 0 Å². The first kappa shape index (κ1) is 15.5. The largest absolute Gasteiger partial charge is 0.316 e. The molecule has 1 fully saturated rings.